The van der Waals surface area contributed by atoms with Crippen molar-refractivity contribution in [2.45, 2.75) is 137 Å². The van der Waals surface area contributed by atoms with Gasteiger partial charge in [-0.15, -0.1) is 0 Å². The molecule has 11 aromatic rings. The van der Waals surface area contributed by atoms with E-state index in [2.05, 4.69) is 122 Å². The Hall–Kier alpha value is -14.6. The van der Waals surface area contributed by atoms with Crippen molar-refractivity contribution in [1.82, 2.24) is 54.0 Å². The van der Waals surface area contributed by atoms with Gasteiger partial charge in [0, 0.05) is 78.1 Å². The third kappa shape index (κ3) is 24.9. The van der Waals surface area contributed by atoms with Crippen molar-refractivity contribution in [3.05, 3.63) is 247 Å². The number of piperidine rings is 5. The van der Waals surface area contributed by atoms with Crippen molar-refractivity contribution in [2.24, 2.45) is 29.6 Å². The van der Waals surface area contributed by atoms with E-state index in [1.165, 1.54) is 0 Å². The van der Waals surface area contributed by atoms with Crippen LogP contribution in [0.3, 0.4) is 0 Å². The largest absolute Gasteiger partial charge is 0.497 e. The Kier molecular flexibility index (Phi) is 32.6. The fraction of sp³-hybridized carbons (Fsp3) is 0.377. The van der Waals surface area contributed by atoms with E-state index in [0.717, 1.165) is 292 Å². The molecule has 10 aliphatic rings. The second kappa shape index (κ2) is 46.4. The number of hydrogen-bond donors (Lipinski definition) is 5. The molecule has 21 rings (SSSR count). The Bertz CT molecular complexity index is 6900. The van der Waals surface area contributed by atoms with E-state index in [0.29, 0.717) is 81.4 Å². The highest BCUT2D eigenvalue weighted by atomic mass is 35.5. The molecule has 0 bridgehead atoms. The van der Waals surface area contributed by atoms with E-state index in [-0.39, 0.29) is 59.1 Å². The smallest absolute Gasteiger partial charge is 0.228 e. The normalized spacial score (nSPS) is 18.9. The second-order valence-electron chi connectivity index (χ2n) is 39.9. The van der Waals surface area contributed by atoms with Crippen molar-refractivity contribution in [1.29, 1.82) is 26.3 Å². The first kappa shape index (κ1) is 102. The predicted octanol–water partition coefficient (Wildman–Crippen LogP) is 18.9. The van der Waals surface area contributed by atoms with Gasteiger partial charge in [0.05, 0.1) is 109 Å². The summed E-state index contributed by atoms with van der Waals surface area (Å²) >= 11 is 12.3. The highest BCUT2D eigenvalue weighted by Crippen LogP contribution is 2.44. The van der Waals surface area contributed by atoms with Crippen molar-refractivity contribution in [3.63, 3.8) is 0 Å². The van der Waals surface area contributed by atoms with Gasteiger partial charge in [-0.05, 0) is 365 Å². The van der Waals surface area contributed by atoms with Crippen molar-refractivity contribution >= 4 is 92.3 Å². The highest BCUT2D eigenvalue weighted by molar-refractivity contribution is 6.31. The van der Waals surface area contributed by atoms with Gasteiger partial charge in [-0.2, -0.15) is 26.3 Å². The van der Waals surface area contributed by atoms with E-state index >= 15 is 0 Å². The standard InChI is InChI=1S/C24H25N5O2.2C23H26N4O2.2C22H23ClN4O/c1-15-26-22-6-5-16(9-23(22)31-15)20-10-19(8-18-12-29(14-25)13-21(18)20)27-24(30)17-4-3-7-28(2)11-17;1-26-8-4-6-17(12-26)23(28)25-19-9-18-13-27(15-24)14-22(18)21(11-19)16-5-3-7-20(10-16)29-2;1-26-9-3-4-17(12-26)23(28)25-19-10-18-13-27(15-24)14-22(18)21(11-19)16-5-7-20(29-2)8-6-16;1-26-7-3-5-16(11-26)22(28)25-19-9-17-12-27(14-24)13-21(17)20(10-19)15-4-2-6-18(23)8-15;1-26-8-2-3-16(11-26)22(28)25-19-9-17-12-27(14-24)13-21(17)20(10-19)15-4-6-18(23)7-5-15/h5-6,8-10,17H,3-4,7,11-13H2,1-2H3,(H,27,30);3,5,7,9-11,17H,4,6,8,12-14H2,1-2H3,(H,25,28);5-8,10-11,17H,3-4,9,12-14H2,1-2H3,(H,25,28);2,4,6,8-10,16H,3,5,7,11-13H2,1H3,(H,25,28);4-7,9-10,16H,2-3,8,11-13H2,1H3,(H,25,28)/t3*17-;2*16-/m11111/s1. The zero-order valence-corrected chi connectivity index (χ0v) is 85.0. The first-order valence-electron chi connectivity index (χ1n) is 49.9. The molecule has 29 nitrogen and oxygen atoms in total. The number of carbonyl (C=O) groups excluding carboxylic acids is 5. The van der Waals surface area contributed by atoms with Gasteiger partial charge >= 0.3 is 0 Å². The van der Waals surface area contributed by atoms with Crippen LogP contribution in [-0.4, -0.2) is 198 Å². The number of methoxy groups -OCH3 is 2. The zero-order valence-electron chi connectivity index (χ0n) is 83.5. The number of anilines is 5. The zero-order chi connectivity index (χ0) is 102. The molecule has 0 unspecified atom stereocenters. The lowest BCUT2D eigenvalue weighted by Gasteiger charge is -2.28. The monoisotopic (exact) mass is 1980 g/mol. The molecular formula is C114H123Cl2N21O8. The number of amides is 5. The average Bonchev–Trinajstić information content (AvgIpc) is 1.67. The molecule has 0 spiro atoms. The summed E-state index contributed by atoms with van der Waals surface area (Å²) in [7, 11) is 13.6. The average molecular weight is 1990 g/mol. The van der Waals surface area contributed by atoms with E-state index < -0.39 is 0 Å². The van der Waals surface area contributed by atoms with Gasteiger partial charge in [-0.3, -0.25) is 24.0 Å². The van der Waals surface area contributed by atoms with Crippen LogP contribution in [0, 0.1) is 93.8 Å². The summed E-state index contributed by atoms with van der Waals surface area (Å²) in [6.45, 7) is 16.8. The number of carbonyl (C=O) groups is 5. The van der Waals surface area contributed by atoms with Gasteiger partial charge in [0.2, 0.25) is 29.5 Å². The van der Waals surface area contributed by atoms with Crippen LogP contribution in [0.15, 0.2) is 180 Å². The minimum absolute atomic E-state index is 0.000389. The maximum Gasteiger partial charge on any atom is 0.228 e. The number of nitriles is 5. The van der Waals surface area contributed by atoms with Gasteiger partial charge in [0.1, 0.15) is 17.0 Å². The summed E-state index contributed by atoms with van der Waals surface area (Å²) in [6, 6.07) is 57.3. The van der Waals surface area contributed by atoms with Crippen molar-refractivity contribution in [2.75, 3.05) is 141 Å². The molecule has 5 fully saturated rings. The number of nitrogens with zero attached hydrogens (tertiary/aromatic N) is 16. The van der Waals surface area contributed by atoms with E-state index in [1.54, 1.807) is 38.7 Å². The molecule has 0 radical (unpaired) electrons. The van der Waals surface area contributed by atoms with Crippen LogP contribution in [0.1, 0.15) is 126 Å². The number of likely N-dealkylation sites (tertiary alicyclic amines) is 5. The number of nitrogens with one attached hydrogen (secondary N) is 5. The van der Waals surface area contributed by atoms with Crippen LogP contribution >= 0.6 is 23.2 Å². The molecule has 31 heteroatoms. The lowest BCUT2D eigenvalue weighted by Crippen LogP contribution is -2.38. The summed E-state index contributed by atoms with van der Waals surface area (Å²) < 4.78 is 16.4. The second-order valence-corrected chi connectivity index (χ2v) is 40.8. The molecule has 5 saturated heterocycles. The summed E-state index contributed by atoms with van der Waals surface area (Å²) in [5.41, 5.74) is 26.9. The lowest BCUT2D eigenvalue weighted by molar-refractivity contribution is -0.122. The van der Waals surface area contributed by atoms with Crippen LogP contribution < -0.4 is 36.1 Å². The molecule has 0 aliphatic carbocycles. The number of aromatic nitrogens is 1. The van der Waals surface area contributed by atoms with Crippen molar-refractivity contribution in [3.8, 4) is 98.1 Å². The number of fused-ring (bicyclic) bond motifs is 6. The molecule has 1 aromatic heterocycles. The topological polar surface area (TPSA) is 341 Å². The summed E-state index contributed by atoms with van der Waals surface area (Å²) in [6.07, 6.45) is 21.0. The quantitative estimate of drug-likeness (QED) is 0.0529. The van der Waals surface area contributed by atoms with Gasteiger partial charge < -0.3 is 89.5 Å². The van der Waals surface area contributed by atoms with Crippen LogP contribution in [0.2, 0.25) is 10.0 Å². The number of halogens is 2. The molecule has 10 aliphatic heterocycles. The summed E-state index contributed by atoms with van der Waals surface area (Å²) in [5.74, 6) is 2.62. The highest BCUT2D eigenvalue weighted by Gasteiger charge is 2.35. The first-order valence-corrected chi connectivity index (χ1v) is 50.6. The van der Waals surface area contributed by atoms with Crippen LogP contribution in [-0.2, 0) is 89.4 Å². The summed E-state index contributed by atoms with van der Waals surface area (Å²) in [5, 5.41) is 63.8. The maximum absolute atomic E-state index is 12.9. The van der Waals surface area contributed by atoms with Gasteiger partial charge in [-0.25, -0.2) is 4.98 Å². The van der Waals surface area contributed by atoms with E-state index in [9.17, 15) is 50.3 Å². The Labute approximate surface area is 858 Å². The number of aryl methyl sites for hydroxylation is 1. The Morgan fingerprint density at radius 1 is 0.331 bits per heavy atom. The molecule has 5 N–H and O–H groups in total. The SMILES string of the molecule is CN1CCC[C@@H](C(=O)Nc2cc3c(c(-c4ccc(Cl)cc4)c2)CN(C#N)C3)C1.CN1CCC[C@@H](C(=O)Nc2cc3c(c(-c4cccc(Cl)c4)c2)CN(C#N)C3)C1.COc1ccc(-c2cc(NC(=O)[C@@H]3CCCN(C)C3)cc3c2CN(C#N)C3)cc1.COc1cccc(-c2cc(NC(=O)[C@@H]3CCCN(C)C3)cc3c2CN(C#N)C3)c1.Cc1nc2ccc(-c3cc(NC(=O)[C@@H]4CCCN(C)C4)cc4c3CN(C#N)C4)cc2o1. The molecule has 0 saturated carbocycles. The third-order valence-electron chi connectivity index (χ3n) is 29.2. The van der Waals surface area contributed by atoms with Gasteiger partial charge in [-0.1, -0.05) is 77.8 Å². The van der Waals surface area contributed by atoms with Crippen LogP contribution in [0.5, 0.6) is 11.5 Å². The number of benzene rings is 10. The van der Waals surface area contributed by atoms with Gasteiger partial charge in [0.25, 0.3) is 0 Å². The predicted molar refractivity (Wildman–Crippen MR) is 563 cm³/mol. The molecule has 10 aromatic carbocycles. The molecule has 5 atom stereocenters. The minimum atomic E-state index is -0.000389. The Balaban J connectivity index is 0.000000124. The third-order valence-corrected chi connectivity index (χ3v) is 29.6. The molecule has 5 amide bonds. The lowest BCUT2D eigenvalue weighted by atomic mass is 9.95. The van der Waals surface area contributed by atoms with E-state index in [1.807, 2.05) is 183 Å². The van der Waals surface area contributed by atoms with Gasteiger partial charge in [0.15, 0.2) is 42.4 Å². The fourth-order valence-corrected chi connectivity index (χ4v) is 22.1. The Morgan fingerprint density at radius 3 is 0.910 bits per heavy atom. The Morgan fingerprint density at radius 2 is 0.614 bits per heavy atom. The van der Waals surface area contributed by atoms with Crippen LogP contribution in [0.4, 0.5) is 28.4 Å². The molecule has 11 heterocycles. The number of hydrogen-bond acceptors (Lipinski definition) is 24. The summed E-state index contributed by atoms with van der Waals surface area (Å²) in [4.78, 5) is 88.3. The van der Waals surface area contributed by atoms with Crippen molar-refractivity contribution < 1.29 is 37.9 Å². The van der Waals surface area contributed by atoms with Crippen LogP contribution in [0.25, 0.3) is 66.7 Å². The maximum atomic E-state index is 12.9. The minimum Gasteiger partial charge on any atom is -0.497 e. The van der Waals surface area contributed by atoms with E-state index in [4.69, 9.17) is 37.1 Å². The number of oxazole rings is 1. The molecule has 145 heavy (non-hydrogen) atoms. The number of ether oxygens (including phenoxy) is 2. The first-order chi connectivity index (χ1) is 70.2. The molecular weight excluding hydrogens is 1860 g/mol. The number of rotatable bonds is 17. The fourth-order valence-electron chi connectivity index (χ4n) is 21.7. The molecule has 746 valence electrons.